The van der Waals surface area contributed by atoms with Gasteiger partial charge in [0.1, 0.15) is 11.5 Å². The Labute approximate surface area is 176 Å². The molecule has 166 valence electrons. The summed E-state index contributed by atoms with van der Waals surface area (Å²) < 4.78 is 0. The predicted octanol–water partition coefficient (Wildman–Crippen LogP) is 0.529. The van der Waals surface area contributed by atoms with E-state index in [-0.39, 0.29) is 17.7 Å². The second-order valence-electron chi connectivity index (χ2n) is 7.98. The minimum atomic E-state index is -1.13. The van der Waals surface area contributed by atoms with Gasteiger partial charge in [-0.3, -0.25) is 28.9 Å². The van der Waals surface area contributed by atoms with Crippen LogP contribution in [0.1, 0.15) is 64.7 Å². The average Bonchev–Trinajstić information content (AvgIpc) is 2.98. The lowest BCUT2D eigenvalue weighted by Crippen LogP contribution is -2.58. The summed E-state index contributed by atoms with van der Waals surface area (Å²) in [7, 11) is 0. The zero-order valence-electron chi connectivity index (χ0n) is 17.6. The van der Waals surface area contributed by atoms with Crippen LogP contribution < -0.4 is 16.4 Å². The standard InChI is InChI=1S/C21H32N4O5/c1-2-3-8-15(18(22)28)24-20(30)21(11-7-12-21)19(29)23-13-5-4-6-14-25-16(26)9-10-17(25)27/h9-10,15H,2-8,11-14H2,1H3,(H2,22,28)(H,23,29)(H,24,30). The third kappa shape index (κ3) is 5.67. The predicted molar refractivity (Wildman–Crippen MR) is 110 cm³/mol. The van der Waals surface area contributed by atoms with Crippen molar-refractivity contribution in [3.05, 3.63) is 12.2 Å². The van der Waals surface area contributed by atoms with Gasteiger partial charge in [0.05, 0.1) is 0 Å². The summed E-state index contributed by atoms with van der Waals surface area (Å²) in [6.45, 7) is 2.75. The fourth-order valence-corrected chi connectivity index (χ4v) is 3.67. The quantitative estimate of drug-likeness (QED) is 0.227. The van der Waals surface area contributed by atoms with E-state index in [0.29, 0.717) is 45.2 Å². The normalized spacial score (nSPS) is 18.1. The molecule has 2 aliphatic rings. The largest absolute Gasteiger partial charge is 0.368 e. The van der Waals surface area contributed by atoms with Crippen molar-refractivity contribution in [2.24, 2.45) is 11.1 Å². The fraction of sp³-hybridized carbons (Fsp3) is 0.667. The Hall–Kier alpha value is -2.71. The van der Waals surface area contributed by atoms with Crippen LogP contribution in [0.2, 0.25) is 0 Å². The van der Waals surface area contributed by atoms with Gasteiger partial charge in [-0.2, -0.15) is 0 Å². The molecule has 4 N–H and O–H groups in total. The summed E-state index contributed by atoms with van der Waals surface area (Å²) in [6.07, 6.45) is 8.37. The highest BCUT2D eigenvalue weighted by Gasteiger charge is 2.51. The Balaban J connectivity index is 1.74. The van der Waals surface area contributed by atoms with Crippen molar-refractivity contribution in [2.75, 3.05) is 13.1 Å². The van der Waals surface area contributed by atoms with E-state index in [2.05, 4.69) is 10.6 Å². The van der Waals surface area contributed by atoms with Gasteiger partial charge in [0.15, 0.2) is 0 Å². The van der Waals surface area contributed by atoms with Gasteiger partial charge in [-0.05, 0) is 38.5 Å². The van der Waals surface area contributed by atoms with Gasteiger partial charge in [0, 0.05) is 25.2 Å². The van der Waals surface area contributed by atoms with Crippen LogP contribution in [0.25, 0.3) is 0 Å². The summed E-state index contributed by atoms with van der Waals surface area (Å²) in [4.78, 5) is 61.2. The molecule has 1 saturated carbocycles. The molecule has 0 bridgehead atoms. The molecule has 0 radical (unpaired) electrons. The minimum Gasteiger partial charge on any atom is -0.368 e. The van der Waals surface area contributed by atoms with Crippen LogP contribution in [0.4, 0.5) is 0 Å². The topological polar surface area (TPSA) is 139 Å². The van der Waals surface area contributed by atoms with Crippen molar-refractivity contribution in [3.63, 3.8) is 0 Å². The summed E-state index contributed by atoms with van der Waals surface area (Å²) in [5.41, 5.74) is 4.27. The van der Waals surface area contributed by atoms with Gasteiger partial charge in [-0.25, -0.2) is 0 Å². The van der Waals surface area contributed by atoms with Gasteiger partial charge in [-0.15, -0.1) is 0 Å². The van der Waals surface area contributed by atoms with Gasteiger partial charge in [-0.1, -0.05) is 26.2 Å². The van der Waals surface area contributed by atoms with E-state index in [1.165, 1.54) is 17.1 Å². The molecule has 0 spiro atoms. The van der Waals surface area contributed by atoms with E-state index in [1.54, 1.807) is 0 Å². The summed E-state index contributed by atoms with van der Waals surface area (Å²) in [6, 6.07) is -0.756. The molecule has 2 rings (SSSR count). The molecule has 0 aromatic heterocycles. The highest BCUT2D eigenvalue weighted by atomic mass is 16.2. The zero-order chi connectivity index (χ0) is 22.1. The molecular weight excluding hydrogens is 388 g/mol. The van der Waals surface area contributed by atoms with Crippen molar-refractivity contribution in [3.8, 4) is 0 Å². The number of hydrogen-bond acceptors (Lipinski definition) is 5. The molecule has 1 unspecified atom stereocenters. The van der Waals surface area contributed by atoms with Gasteiger partial charge in [0.25, 0.3) is 11.8 Å². The number of imide groups is 1. The maximum absolute atomic E-state index is 12.8. The van der Waals surface area contributed by atoms with Crippen LogP contribution in [-0.4, -0.2) is 53.6 Å². The number of nitrogens with two attached hydrogens (primary N) is 1. The van der Waals surface area contributed by atoms with Crippen molar-refractivity contribution < 1.29 is 24.0 Å². The number of carbonyl (C=O) groups excluding carboxylic acids is 5. The highest BCUT2D eigenvalue weighted by Crippen LogP contribution is 2.41. The number of unbranched alkanes of at least 4 members (excludes halogenated alkanes) is 3. The molecule has 5 amide bonds. The number of amides is 5. The first-order chi connectivity index (χ1) is 14.3. The van der Waals surface area contributed by atoms with Crippen LogP contribution in [0.15, 0.2) is 12.2 Å². The average molecular weight is 421 g/mol. The fourth-order valence-electron chi connectivity index (χ4n) is 3.67. The Morgan fingerprint density at radius 1 is 1.07 bits per heavy atom. The van der Waals surface area contributed by atoms with Crippen LogP contribution in [-0.2, 0) is 24.0 Å². The van der Waals surface area contributed by atoms with E-state index < -0.39 is 23.3 Å². The van der Waals surface area contributed by atoms with E-state index in [9.17, 15) is 24.0 Å². The number of nitrogens with zero attached hydrogens (tertiary/aromatic N) is 1. The Morgan fingerprint density at radius 2 is 1.73 bits per heavy atom. The lowest BCUT2D eigenvalue weighted by atomic mass is 9.67. The van der Waals surface area contributed by atoms with Crippen LogP contribution in [0.3, 0.4) is 0 Å². The van der Waals surface area contributed by atoms with Gasteiger partial charge < -0.3 is 16.4 Å². The molecular formula is C21H32N4O5. The third-order valence-corrected chi connectivity index (χ3v) is 5.82. The molecule has 1 fully saturated rings. The monoisotopic (exact) mass is 420 g/mol. The van der Waals surface area contributed by atoms with Crippen molar-refractivity contribution in [2.45, 2.75) is 70.8 Å². The lowest BCUT2D eigenvalue weighted by molar-refractivity contribution is -0.151. The SMILES string of the molecule is CCCCC(NC(=O)C1(C(=O)NCCCCCN2C(=O)C=CC2=O)CCC1)C(N)=O. The second-order valence-corrected chi connectivity index (χ2v) is 7.98. The summed E-state index contributed by atoms with van der Waals surface area (Å²) in [5.74, 6) is -1.92. The maximum atomic E-state index is 12.8. The van der Waals surface area contributed by atoms with E-state index in [1.807, 2.05) is 6.92 Å². The van der Waals surface area contributed by atoms with Crippen LogP contribution in [0, 0.1) is 5.41 Å². The van der Waals surface area contributed by atoms with Gasteiger partial charge >= 0.3 is 0 Å². The third-order valence-electron chi connectivity index (χ3n) is 5.82. The Kier molecular flexibility index (Phi) is 8.56. The molecule has 1 aliphatic carbocycles. The Bertz CT molecular complexity index is 696. The number of hydrogen-bond donors (Lipinski definition) is 3. The molecule has 9 heteroatoms. The summed E-state index contributed by atoms with van der Waals surface area (Å²) >= 11 is 0. The number of rotatable bonds is 13. The maximum Gasteiger partial charge on any atom is 0.253 e. The molecule has 0 aromatic rings. The molecule has 9 nitrogen and oxygen atoms in total. The van der Waals surface area contributed by atoms with Crippen LogP contribution >= 0.6 is 0 Å². The molecule has 1 aliphatic heterocycles. The van der Waals surface area contributed by atoms with Crippen molar-refractivity contribution in [1.82, 2.24) is 15.5 Å². The first kappa shape index (κ1) is 23.6. The molecule has 0 saturated heterocycles. The summed E-state index contributed by atoms with van der Waals surface area (Å²) in [5, 5.41) is 5.50. The van der Waals surface area contributed by atoms with E-state index in [4.69, 9.17) is 5.73 Å². The first-order valence-corrected chi connectivity index (χ1v) is 10.7. The van der Waals surface area contributed by atoms with E-state index >= 15 is 0 Å². The number of carbonyl (C=O) groups is 5. The zero-order valence-corrected chi connectivity index (χ0v) is 17.6. The smallest absolute Gasteiger partial charge is 0.253 e. The number of nitrogens with one attached hydrogen (secondary N) is 2. The number of primary amides is 1. The van der Waals surface area contributed by atoms with Crippen molar-refractivity contribution >= 4 is 29.5 Å². The van der Waals surface area contributed by atoms with E-state index in [0.717, 1.165) is 25.7 Å². The molecule has 1 heterocycles. The molecule has 30 heavy (non-hydrogen) atoms. The van der Waals surface area contributed by atoms with Crippen LogP contribution in [0.5, 0.6) is 0 Å². The Morgan fingerprint density at radius 3 is 2.27 bits per heavy atom. The van der Waals surface area contributed by atoms with Crippen molar-refractivity contribution in [1.29, 1.82) is 0 Å². The first-order valence-electron chi connectivity index (χ1n) is 10.7. The van der Waals surface area contributed by atoms with Gasteiger partial charge in [0.2, 0.25) is 17.7 Å². The second kappa shape index (κ2) is 10.9. The lowest BCUT2D eigenvalue weighted by Gasteiger charge is -2.39. The molecule has 1 atom stereocenters. The minimum absolute atomic E-state index is 0.292. The molecule has 0 aromatic carbocycles. The highest BCUT2D eigenvalue weighted by molar-refractivity contribution is 6.12.